The van der Waals surface area contributed by atoms with Crippen LogP contribution in [0.5, 0.6) is 0 Å². The van der Waals surface area contributed by atoms with Gasteiger partial charge in [0.05, 0.1) is 11.6 Å². The number of rotatable bonds is 2. The van der Waals surface area contributed by atoms with Gasteiger partial charge in [0.25, 0.3) is 0 Å². The second kappa shape index (κ2) is 4.99. The molecule has 0 saturated heterocycles. The maximum Gasteiger partial charge on any atom is 0.150 e. The number of halogens is 2. The van der Waals surface area contributed by atoms with Gasteiger partial charge in [-0.2, -0.15) is 5.26 Å². The number of benzene rings is 2. The molecule has 0 atom stereocenters. The highest BCUT2D eigenvalue weighted by Crippen LogP contribution is 2.27. The van der Waals surface area contributed by atoms with Crippen LogP contribution in [-0.2, 0) is 0 Å². The van der Waals surface area contributed by atoms with Crippen LogP contribution in [0.2, 0.25) is 5.02 Å². The first-order chi connectivity index (χ1) is 8.63. The van der Waals surface area contributed by atoms with E-state index in [9.17, 15) is 9.18 Å². The summed E-state index contributed by atoms with van der Waals surface area (Å²) in [5.74, 6) is -0.518. The maximum atomic E-state index is 13.3. The van der Waals surface area contributed by atoms with Gasteiger partial charge in [0.15, 0.2) is 6.29 Å². The first-order valence-electron chi connectivity index (χ1n) is 5.10. The number of nitriles is 1. The maximum absolute atomic E-state index is 13.3. The van der Waals surface area contributed by atoms with Crippen LogP contribution in [-0.4, -0.2) is 6.29 Å². The molecule has 0 unspecified atom stereocenters. The number of aldehydes is 1. The molecule has 0 radical (unpaired) electrons. The zero-order valence-electron chi connectivity index (χ0n) is 9.15. The van der Waals surface area contributed by atoms with Crippen molar-refractivity contribution in [2.75, 3.05) is 0 Å². The van der Waals surface area contributed by atoms with E-state index in [1.807, 2.05) is 6.07 Å². The van der Waals surface area contributed by atoms with Crippen molar-refractivity contribution >= 4 is 17.9 Å². The first kappa shape index (κ1) is 12.3. The molecule has 18 heavy (non-hydrogen) atoms. The largest absolute Gasteiger partial charge is 0.298 e. The molecule has 0 amide bonds. The Morgan fingerprint density at radius 3 is 2.67 bits per heavy atom. The van der Waals surface area contributed by atoms with E-state index < -0.39 is 5.82 Å². The van der Waals surface area contributed by atoms with Crippen LogP contribution in [0.4, 0.5) is 4.39 Å². The van der Waals surface area contributed by atoms with Gasteiger partial charge < -0.3 is 0 Å². The lowest BCUT2D eigenvalue weighted by Crippen LogP contribution is -1.90. The van der Waals surface area contributed by atoms with E-state index >= 15 is 0 Å². The average Bonchev–Trinajstić information content (AvgIpc) is 2.37. The predicted octanol–water partition coefficient (Wildman–Crippen LogP) is 3.83. The highest BCUT2D eigenvalue weighted by Gasteiger charge is 2.08. The van der Waals surface area contributed by atoms with Crippen molar-refractivity contribution in [2.45, 2.75) is 0 Å². The summed E-state index contributed by atoms with van der Waals surface area (Å²) in [6.45, 7) is 0. The molecule has 0 fully saturated rings. The Labute approximate surface area is 108 Å². The van der Waals surface area contributed by atoms with Gasteiger partial charge in [-0.25, -0.2) is 4.39 Å². The van der Waals surface area contributed by atoms with Crippen LogP contribution in [0.3, 0.4) is 0 Å². The third-order valence-corrected chi connectivity index (χ3v) is 2.71. The van der Waals surface area contributed by atoms with Crippen molar-refractivity contribution in [1.29, 1.82) is 5.26 Å². The molecule has 2 aromatic carbocycles. The van der Waals surface area contributed by atoms with Crippen LogP contribution >= 0.6 is 11.6 Å². The van der Waals surface area contributed by atoms with E-state index in [1.165, 1.54) is 18.2 Å². The van der Waals surface area contributed by atoms with Gasteiger partial charge in [-0.15, -0.1) is 0 Å². The van der Waals surface area contributed by atoms with Gasteiger partial charge in [0, 0.05) is 10.6 Å². The normalized spacial score (nSPS) is 9.83. The molecular formula is C14H7ClFNO. The van der Waals surface area contributed by atoms with Gasteiger partial charge in [0.1, 0.15) is 5.82 Å². The van der Waals surface area contributed by atoms with Crippen molar-refractivity contribution in [3.05, 3.63) is 58.4 Å². The van der Waals surface area contributed by atoms with Crippen LogP contribution < -0.4 is 0 Å². The molecular weight excluding hydrogens is 253 g/mol. The molecule has 2 aromatic rings. The fraction of sp³-hybridized carbons (Fsp3) is 0. The zero-order valence-corrected chi connectivity index (χ0v) is 9.91. The van der Waals surface area contributed by atoms with Gasteiger partial charge in [-0.1, -0.05) is 17.7 Å². The lowest BCUT2D eigenvalue weighted by molar-refractivity contribution is 0.112. The fourth-order valence-electron chi connectivity index (χ4n) is 1.70. The fourth-order valence-corrected chi connectivity index (χ4v) is 1.88. The van der Waals surface area contributed by atoms with Crippen molar-refractivity contribution < 1.29 is 9.18 Å². The van der Waals surface area contributed by atoms with E-state index in [0.717, 1.165) is 6.07 Å². The highest BCUT2D eigenvalue weighted by molar-refractivity contribution is 6.31. The molecule has 0 heterocycles. The smallest absolute Gasteiger partial charge is 0.150 e. The Morgan fingerprint density at radius 1 is 1.22 bits per heavy atom. The van der Waals surface area contributed by atoms with Crippen molar-refractivity contribution in [3.8, 4) is 17.2 Å². The molecule has 2 rings (SSSR count). The summed E-state index contributed by atoms with van der Waals surface area (Å²) in [6.07, 6.45) is 0.651. The average molecular weight is 260 g/mol. The summed E-state index contributed by atoms with van der Waals surface area (Å²) < 4.78 is 13.3. The quantitative estimate of drug-likeness (QED) is 0.769. The van der Waals surface area contributed by atoms with E-state index in [4.69, 9.17) is 16.9 Å². The molecule has 0 aliphatic rings. The van der Waals surface area contributed by atoms with Gasteiger partial charge in [-0.3, -0.25) is 4.79 Å². The van der Waals surface area contributed by atoms with Crippen molar-refractivity contribution in [1.82, 2.24) is 0 Å². The molecule has 0 aliphatic carbocycles. The summed E-state index contributed by atoms with van der Waals surface area (Å²) in [4.78, 5) is 11.0. The van der Waals surface area contributed by atoms with E-state index in [2.05, 4.69) is 0 Å². The molecule has 4 heteroatoms. The van der Waals surface area contributed by atoms with E-state index in [-0.39, 0.29) is 5.56 Å². The Balaban J connectivity index is 2.65. The van der Waals surface area contributed by atoms with Crippen LogP contribution in [0.1, 0.15) is 15.9 Å². The Morgan fingerprint density at radius 2 is 2.00 bits per heavy atom. The summed E-state index contributed by atoms with van der Waals surface area (Å²) >= 11 is 5.79. The van der Waals surface area contributed by atoms with Crippen molar-refractivity contribution in [2.24, 2.45) is 0 Å². The summed E-state index contributed by atoms with van der Waals surface area (Å²) in [7, 11) is 0. The summed E-state index contributed by atoms with van der Waals surface area (Å²) in [6, 6.07) is 10.6. The number of hydrogen-bond acceptors (Lipinski definition) is 2. The van der Waals surface area contributed by atoms with Gasteiger partial charge in [0.2, 0.25) is 0 Å². The second-order valence-corrected chi connectivity index (χ2v) is 4.13. The number of hydrogen-bond donors (Lipinski definition) is 0. The Bertz CT molecular complexity index is 661. The SMILES string of the molecule is N#Cc1cc(F)cc(-c2ccc(Cl)cc2C=O)c1. The van der Waals surface area contributed by atoms with E-state index in [1.54, 1.807) is 12.1 Å². The van der Waals surface area contributed by atoms with Crippen LogP contribution in [0.25, 0.3) is 11.1 Å². The Kier molecular flexibility index (Phi) is 3.40. The minimum atomic E-state index is -0.518. The topological polar surface area (TPSA) is 40.9 Å². The first-order valence-corrected chi connectivity index (χ1v) is 5.47. The lowest BCUT2D eigenvalue weighted by atomic mass is 9.99. The third kappa shape index (κ3) is 2.39. The highest BCUT2D eigenvalue weighted by atomic mass is 35.5. The molecule has 88 valence electrons. The standard InChI is InChI=1S/C14H7ClFNO/c15-12-1-2-14(11(5-12)8-18)10-3-9(7-17)4-13(16)6-10/h1-6,8H. The number of carbonyl (C=O) groups is 1. The zero-order chi connectivity index (χ0) is 13.1. The molecule has 0 saturated carbocycles. The lowest BCUT2D eigenvalue weighted by Gasteiger charge is -2.06. The molecule has 2 nitrogen and oxygen atoms in total. The predicted molar refractivity (Wildman–Crippen MR) is 66.9 cm³/mol. The molecule has 0 bridgehead atoms. The van der Waals surface area contributed by atoms with Crippen LogP contribution in [0, 0.1) is 17.1 Å². The summed E-state index contributed by atoms with van der Waals surface area (Å²) in [5.41, 5.74) is 1.59. The Hall–Kier alpha value is -2.18. The van der Waals surface area contributed by atoms with Crippen molar-refractivity contribution in [3.63, 3.8) is 0 Å². The summed E-state index contributed by atoms with van der Waals surface area (Å²) in [5, 5.41) is 9.23. The molecule has 0 aliphatic heterocycles. The molecule has 0 N–H and O–H groups in total. The second-order valence-electron chi connectivity index (χ2n) is 3.69. The minimum absolute atomic E-state index is 0.205. The molecule has 0 spiro atoms. The van der Waals surface area contributed by atoms with E-state index in [0.29, 0.717) is 28.0 Å². The van der Waals surface area contributed by atoms with Gasteiger partial charge >= 0.3 is 0 Å². The number of nitrogens with zero attached hydrogens (tertiary/aromatic N) is 1. The third-order valence-electron chi connectivity index (χ3n) is 2.48. The van der Waals surface area contributed by atoms with Gasteiger partial charge in [-0.05, 0) is 41.5 Å². The van der Waals surface area contributed by atoms with Crippen LogP contribution in [0.15, 0.2) is 36.4 Å². The monoisotopic (exact) mass is 259 g/mol. The minimum Gasteiger partial charge on any atom is -0.298 e. The number of carbonyl (C=O) groups excluding carboxylic acids is 1. The molecule has 0 aromatic heterocycles.